The van der Waals surface area contributed by atoms with Crippen molar-refractivity contribution in [1.82, 2.24) is 0 Å². The van der Waals surface area contributed by atoms with Gasteiger partial charge in [0.25, 0.3) is 0 Å². The number of allylic oxidation sites excluding steroid dienone is 3. The van der Waals surface area contributed by atoms with Gasteiger partial charge in [0.2, 0.25) is 0 Å². The van der Waals surface area contributed by atoms with E-state index in [1.807, 2.05) is 24.3 Å². The molecular weight excluding hydrogens is 644 g/mol. The summed E-state index contributed by atoms with van der Waals surface area (Å²) in [7, 11) is 0. The molecule has 0 spiro atoms. The van der Waals surface area contributed by atoms with Crippen LogP contribution in [0.3, 0.4) is 0 Å². The third kappa shape index (κ3) is 6.67. The second-order valence-corrected chi connectivity index (χ2v) is 19.0. The number of esters is 1. The SMILES string of the molecule is C=C(CC12CCC3C(CCC4C3(C)CCC3C(C)C(OC(=O)CC(C)(C)C=O)CCC34C)C1=C(C(C)C)C(=O)C2)OCCc1ccc(Cl)cc1. The lowest BCUT2D eigenvalue weighted by molar-refractivity contribution is -0.191. The van der Waals surface area contributed by atoms with Gasteiger partial charge in [-0.25, -0.2) is 0 Å². The van der Waals surface area contributed by atoms with Crippen LogP contribution in [-0.2, 0) is 30.3 Å². The second kappa shape index (κ2) is 13.9. The summed E-state index contributed by atoms with van der Waals surface area (Å²) in [4.78, 5) is 38.3. The van der Waals surface area contributed by atoms with E-state index in [4.69, 9.17) is 21.1 Å². The normalized spacial score (nSPS) is 36.6. The van der Waals surface area contributed by atoms with Gasteiger partial charge in [-0.3, -0.25) is 9.59 Å². The number of halogens is 1. The Kier molecular flexibility index (Phi) is 10.4. The van der Waals surface area contributed by atoms with E-state index in [9.17, 15) is 14.4 Å². The topological polar surface area (TPSA) is 69.7 Å². The van der Waals surface area contributed by atoms with Crippen LogP contribution in [0.4, 0.5) is 0 Å². The molecule has 9 atom stereocenters. The van der Waals surface area contributed by atoms with Gasteiger partial charge in [-0.05, 0) is 121 Å². The van der Waals surface area contributed by atoms with Gasteiger partial charge in [0.15, 0.2) is 5.78 Å². The number of aldehydes is 1. The van der Waals surface area contributed by atoms with Crippen molar-refractivity contribution in [2.24, 2.45) is 57.2 Å². The monoisotopic (exact) mass is 704 g/mol. The molecule has 274 valence electrons. The van der Waals surface area contributed by atoms with Crippen molar-refractivity contribution in [2.45, 2.75) is 132 Å². The maximum atomic E-state index is 13.9. The van der Waals surface area contributed by atoms with Crippen molar-refractivity contribution in [3.8, 4) is 0 Å². The van der Waals surface area contributed by atoms with Gasteiger partial charge in [-0.2, -0.15) is 0 Å². The Hall–Kier alpha value is -2.40. The van der Waals surface area contributed by atoms with Gasteiger partial charge in [-0.15, -0.1) is 0 Å². The fraction of sp³-hybridized carbons (Fsp3) is 0.705. The van der Waals surface area contributed by atoms with E-state index >= 15 is 0 Å². The number of ether oxygens (including phenoxy) is 2. The Labute approximate surface area is 306 Å². The molecule has 4 fully saturated rings. The van der Waals surface area contributed by atoms with E-state index in [1.165, 1.54) is 24.0 Å². The average Bonchev–Trinajstić information content (AvgIpc) is 3.34. The van der Waals surface area contributed by atoms with Crippen molar-refractivity contribution in [2.75, 3.05) is 6.61 Å². The highest BCUT2D eigenvalue weighted by atomic mass is 35.5. The zero-order chi connectivity index (χ0) is 36.2. The first kappa shape index (κ1) is 37.4. The molecule has 0 amide bonds. The molecular formula is C44H61ClO5. The minimum Gasteiger partial charge on any atom is -0.498 e. The number of benzene rings is 1. The summed E-state index contributed by atoms with van der Waals surface area (Å²) < 4.78 is 12.4. The summed E-state index contributed by atoms with van der Waals surface area (Å²) in [6.07, 6.45) is 11.9. The lowest BCUT2D eigenvalue weighted by Crippen LogP contribution is -2.60. The molecule has 5 nitrogen and oxygen atoms in total. The smallest absolute Gasteiger partial charge is 0.307 e. The predicted octanol–water partition coefficient (Wildman–Crippen LogP) is 10.5. The molecule has 4 saturated carbocycles. The van der Waals surface area contributed by atoms with E-state index in [0.29, 0.717) is 48.4 Å². The second-order valence-electron chi connectivity index (χ2n) is 18.6. The van der Waals surface area contributed by atoms with Crippen LogP contribution in [0.5, 0.6) is 0 Å². The molecule has 6 heteroatoms. The number of Topliss-reactive ketones (excluding diaryl/α,β-unsaturated/α-hetero) is 1. The highest BCUT2D eigenvalue weighted by molar-refractivity contribution is 6.30. The molecule has 9 unspecified atom stereocenters. The number of rotatable bonds is 11. The molecule has 6 rings (SSSR count). The fourth-order valence-electron chi connectivity index (χ4n) is 12.4. The molecule has 0 saturated heterocycles. The van der Waals surface area contributed by atoms with Crippen LogP contribution in [0, 0.1) is 57.2 Å². The highest BCUT2D eigenvalue weighted by Gasteiger charge is 2.65. The van der Waals surface area contributed by atoms with Crippen molar-refractivity contribution in [3.63, 3.8) is 0 Å². The minimum atomic E-state index is -0.695. The molecule has 0 heterocycles. The maximum Gasteiger partial charge on any atom is 0.307 e. The van der Waals surface area contributed by atoms with Crippen LogP contribution >= 0.6 is 11.6 Å². The van der Waals surface area contributed by atoms with Crippen molar-refractivity contribution in [3.05, 3.63) is 58.3 Å². The van der Waals surface area contributed by atoms with Crippen molar-refractivity contribution in [1.29, 1.82) is 0 Å². The van der Waals surface area contributed by atoms with Crippen LogP contribution in [0.1, 0.15) is 125 Å². The van der Waals surface area contributed by atoms with Crippen molar-refractivity contribution >= 4 is 29.6 Å². The first-order chi connectivity index (χ1) is 23.5. The Balaban J connectivity index is 1.19. The van der Waals surface area contributed by atoms with Crippen LogP contribution < -0.4 is 0 Å². The van der Waals surface area contributed by atoms with Gasteiger partial charge in [0.05, 0.1) is 18.8 Å². The van der Waals surface area contributed by atoms with Gasteiger partial charge in [-0.1, -0.05) is 84.4 Å². The summed E-state index contributed by atoms with van der Waals surface area (Å²) in [5.41, 5.74) is 3.33. The Morgan fingerprint density at radius 1 is 1.02 bits per heavy atom. The Morgan fingerprint density at radius 2 is 1.68 bits per heavy atom. The molecule has 0 N–H and O–H groups in total. The first-order valence-corrected chi connectivity index (χ1v) is 19.9. The van der Waals surface area contributed by atoms with Gasteiger partial charge in [0.1, 0.15) is 12.4 Å². The average molecular weight is 705 g/mol. The standard InChI is InChI=1S/C44H61ClO5/c1-27(2)39-35(47)24-44(23-28(3)49-22-18-30-9-11-31(45)12-10-30)21-16-34-32(40(39)44)13-14-37-42(7)20-17-36(50-38(48)25-41(5,6)26-46)29(4)33(42)15-19-43(34,37)8/h9-12,26-27,29,32-34,36-37H,3,13-25H2,1-2,4-8H3. The maximum absolute atomic E-state index is 13.9. The lowest BCUT2D eigenvalue weighted by Gasteiger charge is -2.67. The zero-order valence-electron chi connectivity index (χ0n) is 31.7. The third-order valence-electron chi connectivity index (χ3n) is 14.6. The third-order valence-corrected chi connectivity index (χ3v) is 14.9. The summed E-state index contributed by atoms with van der Waals surface area (Å²) in [5, 5.41) is 0.738. The number of hydrogen-bond acceptors (Lipinski definition) is 5. The van der Waals surface area contributed by atoms with Crippen LogP contribution in [0.15, 0.2) is 47.7 Å². The minimum absolute atomic E-state index is 0.0798. The number of hydrogen-bond donors (Lipinski definition) is 0. The van der Waals surface area contributed by atoms with E-state index in [-0.39, 0.29) is 40.7 Å². The summed E-state index contributed by atoms with van der Waals surface area (Å²) in [5.74, 6) is 3.55. The lowest BCUT2D eigenvalue weighted by atomic mass is 9.38. The summed E-state index contributed by atoms with van der Waals surface area (Å²) in [6.45, 7) is 20.5. The number of ketones is 1. The van der Waals surface area contributed by atoms with Gasteiger partial charge >= 0.3 is 5.97 Å². The molecule has 0 aromatic heterocycles. The van der Waals surface area contributed by atoms with E-state index in [0.717, 1.165) is 74.0 Å². The quantitative estimate of drug-likeness (QED) is 0.130. The molecule has 0 aliphatic heterocycles. The van der Waals surface area contributed by atoms with Gasteiger partial charge in [0, 0.05) is 35.1 Å². The Morgan fingerprint density at radius 3 is 2.36 bits per heavy atom. The van der Waals surface area contributed by atoms with E-state index < -0.39 is 5.41 Å². The van der Waals surface area contributed by atoms with E-state index in [1.54, 1.807) is 13.8 Å². The van der Waals surface area contributed by atoms with Crippen LogP contribution in [-0.4, -0.2) is 30.7 Å². The number of fused-ring (bicyclic) bond motifs is 7. The number of carbonyl (C=O) groups excluding carboxylic acids is 3. The predicted molar refractivity (Wildman–Crippen MR) is 199 cm³/mol. The molecule has 0 radical (unpaired) electrons. The van der Waals surface area contributed by atoms with Crippen molar-refractivity contribution < 1.29 is 23.9 Å². The molecule has 1 aromatic rings. The largest absolute Gasteiger partial charge is 0.498 e. The molecule has 0 bridgehead atoms. The molecule has 50 heavy (non-hydrogen) atoms. The fourth-order valence-corrected chi connectivity index (χ4v) is 12.5. The first-order valence-electron chi connectivity index (χ1n) is 19.5. The summed E-state index contributed by atoms with van der Waals surface area (Å²) in [6, 6.07) is 7.93. The Bertz CT molecular complexity index is 1520. The van der Waals surface area contributed by atoms with E-state index in [2.05, 4.69) is 41.2 Å². The summed E-state index contributed by atoms with van der Waals surface area (Å²) >= 11 is 6.08. The highest BCUT2D eigenvalue weighted by Crippen LogP contribution is 2.72. The number of carbonyl (C=O) groups is 3. The van der Waals surface area contributed by atoms with Crippen LogP contribution in [0.2, 0.25) is 5.02 Å². The molecule has 1 aromatic carbocycles. The zero-order valence-corrected chi connectivity index (χ0v) is 32.5. The van der Waals surface area contributed by atoms with Gasteiger partial charge < -0.3 is 14.3 Å². The molecule has 5 aliphatic rings. The van der Waals surface area contributed by atoms with Crippen LogP contribution in [0.25, 0.3) is 0 Å². The molecule has 5 aliphatic carbocycles.